The number of halogens is 2. The number of rotatable bonds is 3. The number of aryl methyl sites for hydroxylation is 2. The van der Waals surface area contributed by atoms with Crippen LogP contribution in [0.3, 0.4) is 0 Å². The number of thiophene rings is 1. The van der Waals surface area contributed by atoms with Gasteiger partial charge in [-0.05, 0) is 49.6 Å². The highest BCUT2D eigenvalue weighted by atomic mass is 35.5. The van der Waals surface area contributed by atoms with Gasteiger partial charge in [-0.25, -0.2) is 0 Å². The summed E-state index contributed by atoms with van der Waals surface area (Å²) >= 11 is 13.7. The molecule has 0 fully saturated rings. The van der Waals surface area contributed by atoms with Crippen LogP contribution in [0.4, 0.5) is 0 Å². The minimum atomic E-state index is 0.00666. The second kappa shape index (κ2) is 5.62. The van der Waals surface area contributed by atoms with E-state index >= 15 is 0 Å². The van der Waals surface area contributed by atoms with Gasteiger partial charge in [0.25, 0.3) is 0 Å². The third-order valence-corrected chi connectivity index (χ3v) is 4.64. The molecule has 0 saturated carbocycles. The van der Waals surface area contributed by atoms with E-state index in [0.717, 1.165) is 12.0 Å². The van der Waals surface area contributed by atoms with Gasteiger partial charge >= 0.3 is 0 Å². The molecule has 0 amide bonds. The summed E-state index contributed by atoms with van der Waals surface area (Å²) in [5, 5.41) is 1.16. The highest BCUT2D eigenvalue weighted by Gasteiger charge is 2.13. The van der Waals surface area contributed by atoms with Crippen LogP contribution in [0.15, 0.2) is 24.3 Å². The first-order chi connectivity index (χ1) is 8.47. The second-order valence-corrected chi connectivity index (χ2v) is 6.70. The van der Waals surface area contributed by atoms with Crippen molar-refractivity contribution in [1.29, 1.82) is 0 Å². The Balaban J connectivity index is 2.18. The molecule has 0 radical (unpaired) electrons. The van der Waals surface area contributed by atoms with Gasteiger partial charge in [0.05, 0.1) is 10.0 Å². The molecule has 96 valence electrons. The molecule has 2 rings (SSSR count). The first kappa shape index (κ1) is 13.9. The maximum absolute atomic E-state index is 6.26. The summed E-state index contributed by atoms with van der Waals surface area (Å²) in [5.74, 6) is 0. The fourth-order valence-corrected chi connectivity index (χ4v) is 3.37. The Labute approximate surface area is 122 Å². The van der Waals surface area contributed by atoms with E-state index in [0.29, 0.717) is 10.0 Å². The molecule has 1 heterocycles. The van der Waals surface area contributed by atoms with Crippen molar-refractivity contribution in [2.24, 2.45) is 5.73 Å². The molecule has 18 heavy (non-hydrogen) atoms. The quantitative estimate of drug-likeness (QED) is 0.856. The molecule has 1 aromatic heterocycles. The second-order valence-electron chi connectivity index (χ2n) is 4.43. The molecule has 1 atom stereocenters. The van der Waals surface area contributed by atoms with Crippen molar-refractivity contribution in [3.05, 3.63) is 55.2 Å². The van der Waals surface area contributed by atoms with E-state index in [1.165, 1.54) is 15.3 Å². The van der Waals surface area contributed by atoms with Crippen LogP contribution in [0.25, 0.3) is 0 Å². The lowest BCUT2D eigenvalue weighted by Gasteiger charge is -2.12. The smallest absolute Gasteiger partial charge is 0.0595 e. The number of nitrogens with two attached hydrogens (primary N) is 1. The Kier molecular flexibility index (Phi) is 4.33. The number of benzene rings is 1. The zero-order valence-electron chi connectivity index (χ0n) is 10.3. The third kappa shape index (κ3) is 3.07. The summed E-state index contributed by atoms with van der Waals surface area (Å²) in [6.07, 6.45) is 0.772. The molecular formula is C14H15Cl2NS. The van der Waals surface area contributed by atoms with Crippen LogP contribution in [-0.2, 0) is 6.42 Å². The molecule has 4 heteroatoms. The fraction of sp³-hybridized carbons (Fsp3) is 0.286. The summed E-state index contributed by atoms with van der Waals surface area (Å²) in [5.41, 5.74) is 8.60. The summed E-state index contributed by atoms with van der Waals surface area (Å²) in [6.45, 7) is 4.22. The highest BCUT2D eigenvalue weighted by molar-refractivity contribution is 7.12. The van der Waals surface area contributed by atoms with Crippen molar-refractivity contribution < 1.29 is 0 Å². The van der Waals surface area contributed by atoms with E-state index in [2.05, 4.69) is 19.9 Å². The van der Waals surface area contributed by atoms with Gasteiger partial charge in [-0.3, -0.25) is 0 Å². The minimum Gasteiger partial charge on any atom is -0.324 e. The number of hydrogen-bond acceptors (Lipinski definition) is 2. The Hall–Kier alpha value is -0.540. The lowest BCUT2D eigenvalue weighted by atomic mass is 10.0. The van der Waals surface area contributed by atoms with Gasteiger partial charge in [-0.15, -0.1) is 11.3 Å². The van der Waals surface area contributed by atoms with Crippen LogP contribution in [0.5, 0.6) is 0 Å². The molecule has 1 nitrogen and oxygen atoms in total. The molecule has 2 aromatic rings. The van der Waals surface area contributed by atoms with Crippen molar-refractivity contribution >= 4 is 34.5 Å². The van der Waals surface area contributed by atoms with Gasteiger partial charge in [-0.1, -0.05) is 29.3 Å². The maximum atomic E-state index is 6.26. The fourth-order valence-electron chi connectivity index (χ4n) is 2.05. The van der Waals surface area contributed by atoms with Crippen LogP contribution in [0.1, 0.15) is 26.9 Å². The van der Waals surface area contributed by atoms with Gasteiger partial charge in [0.1, 0.15) is 0 Å². The normalized spacial score (nSPS) is 12.7. The summed E-state index contributed by atoms with van der Waals surface area (Å²) < 4.78 is 0. The molecule has 1 unspecified atom stereocenters. The monoisotopic (exact) mass is 299 g/mol. The van der Waals surface area contributed by atoms with Crippen molar-refractivity contribution in [1.82, 2.24) is 0 Å². The van der Waals surface area contributed by atoms with Crippen LogP contribution in [0, 0.1) is 13.8 Å². The van der Waals surface area contributed by atoms with E-state index in [4.69, 9.17) is 28.9 Å². The Morgan fingerprint density at radius 3 is 2.44 bits per heavy atom. The van der Waals surface area contributed by atoms with Crippen molar-refractivity contribution in [2.45, 2.75) is 26.3 Å². The van der Waals surface area contributed by atoms with E-state index < -0.39 is 0 Å². The summed E-state index contributed by atoms with van der Waals surface area (Å²) in [4.78, 5) is 2.59. The van der Waals surface area contributed by atoms with Gasteiger partial charge in [0, 0.05) is 15.8 Å². The van der Waals surface area contributed by atoms with Gasteiger partial charge in [0.2, 0.25) is 0 Å². The van der Waals surface area contributed by atoms with E-state index in [-0.39, 0.29) is 6.04 Å². The average Bonchev–Trinajstić information content (AvgIpc) is 2.63. The van der Waals surface area contributed by atoms with Crippen LogP contribution >= 0.6 is 34.5 Å². The summed E-state index contributed by atoms with van der Waals surface area (Å²) in [7, 11) is 0. The van der Waals surface area contributed by atoms with Crippen LogP contribution < -0.4 is 5.73 Å². The molecule has 0 bridgehead atoms. The van der Waals surface area contributed by atoms with Gasteiger partial charge in [-0.2, -0.15) is 0 Å². The highest BCUT2D eigenvalue weighted by Crippen LogP contribution is 2.29. The predicted octanol–water partition coefficient (Wildman–Crippen LogP) is 4.91. The molecule has 2 N–H and O–H groups in total. The zero-order chi connectivity index (χ0) is 13.3. The SMILES string of the molecule is Cc1cc(C(N)Cc2ccc(Cl)c(Cl)c2)c(C)s1. The Bertz CT molecular complexity index is 563. The topological polar surface area (TPSA) is 26.0 Å². The lowest BCUT2D eigenvalue weighted by molar-refractivity contribution is 0.720. The van der Waals surface area contributed by atoms with Crippen molar-refractivity contribution in [3.8, 4) is 0 Å². The minimum absolute atomic E-state index is 0.00666. The maximum Gasteiger partial charge on any atom is 0.0595 e. The molecule has 0 aliphatic carbocycles. The molecule has 0 aliphatic heterocycles. The molecule has 0 spiro atoms. The summed E-state index contributed by atoms with van der Waals surface area (Å²) in [6, 6.07) is 7.85. The molecule has 0 aliphatic rings. The first-order valence-electron chi connectivity index (χ1n) is 5.74. The van der Waals surface area contributed by atoms with Crippen molar-refractivity contribution in [2.75, 3.05) is 0 Å². The Morgan fingerprint density at radius 1 is 1.17 bits per heavy atom. The van der Waals surface area contributed by atoms with E-state index in [1.807, 2.05) is 18.2 Å². The predicted molar refractivity (Wildman–Crippen MR) is 80.9 cm³/mol. The number of hydrogen-bond donors (Lipinski definition) is 1. The first-order valence-corrected chi connectivity index (χ1v) is 7.31. The van der Waals surface area contributed by atoms with Crippen molar-refractivity contribution in [3.63, 3.8) is 0 Å². The largest absolute Gasteiger partial charge is 0.324 e. The standard InChI is InChI=1S/C14H15Cl2NS/c1-8-5-11(9(2)18-8)14(17)7-10-3-4-12(15)13(16)6-10/h3-6,14H,7,17H2,1-2H3. The lowest BCUT2D eigenvalue weighted by Crippen LogP contribution is -2.13. The van der Waals surface area contributed by atoms with E-state index in [9.17, 15) is 0 Å². The zero-order valence-corrected chi connectivity index (χ0v) is 12.7. The van der Waals surface area contributed by atoms with E-state index in [1.54, 1.807) is 11.3 Å². The molecular weight excluding hydrogens is 285 g/mol. The third-order valence-electron chi connectivity index (χ3n) is 2.92. The van der Waals surface area contributed by atoms with Gasteiger partial charge in [0.15, 0.2) is 0 Å². The van der Waals surface area contributed by atoms with Crippen LogP contribution in [-0.4, -0.2) is 0 Å². The van der Waals surface area contributed by atoms with Crippen LogP contribution in [0.2, 0.25) is 10.0 Å². The molecule has 0 saturated heterocycles. The average molecular weight is 300 g/mol. The van der Waals surface area contributed by atoms with Gasteiger partial charge < -0.3 is 5.73 Å². The Morgan fingerprint density at radius 2 is 1.89 bits per heavy atom. The molecule has 1 aromatic carbocycles.